The summed E-state index contributed by atoms with van der Waals surface area (Å²) < 4.78 is 7.75. The minimum atomic E-state index is -0.150. The zero-order valence-electron chi connectivity index (χ0n) is 14.2. The van der Waals surface area contributed by atoms with Crippen molar-refractivity contribution in [3.05, 3.63) is 52.5 Å². The molecule has 3 aromatic rings. The molecule has 4 rings (SSSR count). The summed E-state index contributed by atoms with van der Waals surface area (Å²) in [6.45, 7) is 3.95. The van der Waals surface area contributed by atoms with Crippen molar-refractivity contribution in [2.75, 3.05) is 0 Å². The smallest absolute Gasteiger partial charge is 0.287 e. The van der Waals surface area contributed by atoms with Crippen LogP contribution in [-0.4, -0.2) is 15.7 Å². The Balaban J connectivity index is 1.65. The first-order valence-electron chi connectivity index (χ1n) is 8.36. The number of amides is 1. The van der Waals surface area contributed by atoms with Gasteiger partial charge < -0.3 is 9.73 Å². The quantitative estimate of drug-likeness (QED) is 0.784. The Labute approximate surface area is 140 Å². The zero-order chi connectivity index (χ0) is 16.8. The van der Waals surface area contributed by atoms with Gasteiger partial charge in [0.2, 0.25) is 0 Å². The number of furan rings is 1. The van der Waals surface area contributed by atoms with Gasteiger partial charge in [-0.3, -0.25) is 9.48 Å². The van der Waals surface area contributed by atoms with Crippen molar-refractivity contribution in [3.63, 3.8) is 0 Å². The van der Waals surface area contributed by atoms with Gasteiger partial charge in [0.05, 0.1) is 12.2 Å². The highest BCUT2D eigenvalue weighted by atomic mass is 16.3. The van der Waals surface area contributed by atoms with Crippen LogP contribution >= 0.6 is 0 Å². The van der Waals surface area contributed by atoms with E-state index in [1.54, 1.807) is 0 Å². The highest BCUT2D eigenvalue weighted by molar-refractivity contribution is 5.99. The fourth-order valence-corrected chi connectivity index (χ4v) is 3.63. The van der Waals surface area contributed by atoms with E-state index in [0.717, 1.165) is 46.9 Å². The molecule has 0 unspecified atom stereocenters. The Morgan fingerprint density at radius 1 is 1.38 bits per heavy atom. The van der Waals surface area contributed by atoms with E-state index in [1.165, 1.54) is 5.69 Å². The lowest BCUT2D eigenvalue weighted by atomic mass is 9.93. The Bertz CT molecular complexity index is 936. The number of benzene rings is 1. The highest BCUT2D eigenvalue weighted by Gasteiger charge is 2.27. The van der Waals surface area contributed by atoms with E-state index in [0.29, 0.717) is 5.76 Å². The molecular formula is C19H21N3O2. The van der Waals surface area contributed by atoms with Gasteiger partial charge in [0.1, 0.15) is 5.58 Å². The first kappa shape index (κ1) is 15.0. The number of nitrogens with zero attached hydrogens (tertiary/aromatic N) is 2. The summed E-state index contributed by atoms with van der Waals surface area (Å²) in [4.78, 5) is 12.8. The van der Waals surface area contributed by atoms with Gasteiger partial charge >= 0.3 is 0 Å². The third-order valence-corrected chi connectivity index (χ3v) is 4.98. The normalized spacial score (nSPS) is 17.0. The first-order chi connectivity index (χ1) is 11.5. The third-order valence-electron chi connectivity index (χ3n) is 4.98. The topological polar surface area (TPSA) is 60.1 Å². The monoisotopic (exact) mass is 323 g/mol. The largest absolute Gasteiger partial charge is 0.451 e. The van der Waals surface area contributed by atoms with E-state index in [4.69, 9.17) is 4.42 Å². The van der Waals surface area contributed by atoms with Gasteiger partial charge in [0, 0.05) is 29.3 Å². The minimum Gasteiger partial charge on any atom is -0.451 e. The van der Waals surface area contributed by atoms with Crippen LogP contribution in [0.1, 0.15) is 51.8 Å². The second-order valence-electron chi connectivity index (χ2n) is 6.64. The maximum absolute atomic E-state index is 12.8. The molecule has 2 heterocycles. The Morgan fingerprint density at radius 2 is 2.21 bits per heavy atom. The average Bonchev–Trinajstić information content (AvgIpc) is 3.09. The molecule has 0 saturated heterocycles. The zero-order valence-corrected chi connectivity index (χ0v) is 14.2. The second kappa shape index (κ2) is 5.51. The van der Waals surface area contributed by atoms with Gasteiger partial charge in [-0.15, -0.1) is 0 Å². The molecule has 24 heavy (non-hydrogen) atoms. The molecule has 0 spiro atoms. The number of nitrogens with one attached hydrogen (secondary N) is 1. The molecule has 0 bridgehead atoms. The lowest BCUT2D eigenvalue weighted by Gasteiger charge is -2.23. The van der Waals surface area contributed by atoms with Crippen LogP contribution in [0, 0.1) is 13.8 Å². The maximum atomic E-state index is 12.8. The van der Waals surface area contributed by atoms with Crippen LogP contribution in [-0.2, 0) is 13.5 Å². The van der Waals surface area contributed by atoms with Gasteiger partial charge in [-0.25, -0.2) is 0 Å². The molecule has 1 N–H and O–H groups in total. The molecular weight excluding hydrogens is 302 g/mol. The van der Waals surface area contributed by atoms with E-state index >= 15 is 0 Å². The van der Waals surface area contributed by atoms with Gasteiger partial charge in [-0.05, 0) is 44.7 Å². The van der Waals surface area contributed by atoms with E-state index < -0.39 is 0 Å². The summed E-state index contributed by atoms with van der Waals surface area (Å²) in [5, 5.41) is 8.46. The van der Waals surface area contributed by atoms with Gasteiger partial charge in [-0.1, -0.05) is 12.1 Å². The van der Waals surface area contributed by atoms with Crippen LogP contribution in [0.2, 0.25) is 0 Å². The molecule has 5 nitrogen and oxygen atoms in total. The molecule has 1 aromatic carbocycles. The van der Waals surface area contributed by atoms with Crippen LogP contribution in [0.25, 0.3) is 11.0 Å². The second-order valence-corrected chi connectivity index (χ2v) is 6.64. The van der Waals surface area contributed by atoms with Crippen LogP contribution < -0.4 is 5.32 Å². The number of aromatic nitrogens is 2. The molecule has 124 valence electrons. The summed E-state index contributed by atoms with van der Waals surface area (Å²) in [5.41, 5.74) is 5.12. The molecule has 2 aromatic heterocycles. The Hall–Kier alpha value is -2.56. The standard InChI is InChI=1S/C19H21N3O2/c1-11-7-8-13-12(2)18(24-17(13)9-11)19(23)21-15-5-4-6-16-14(15)10-20-22(16)3/h7-10,15H,4-6H2,1-3H3,(H,21,23)/t15-/m1/s1. The predicted molar refractivity (Wildman–Crippen MR) is 92.0 cm³/mol. The number of hydrogen-bond acceptors (Lipinski definition) is 3. The van der Waals surface area contributed by atoms with E-state index in [1.807, 2.05) is 50.0 Å². The third kappa shape index (κ3) is 2.31. The van der Waals surface area contributed by atoms with Crippen molar-refractivity contribution in [2.45, 2.75) is 39.2 Å². The number of carbonyl (C=O) groups is 1. The Kier molecular flexibility index (Phi) is 3.44. The van der Waals surface area contributed by atoms with E-state index in [9.17, 15) is 4.79 Å². The van der Waals surface area contributed by atoms with Crippen molar-refractivity contribution < 1.29 is 9.21 Å². The fraction of sp³-hybridized carbons (Fsp3) is 0.368. The average molecular weight is 323 g/mol. The molecule has 5 heteroatoms. The molecule has 1 amide bonds. The summed E-state index contributed by atoms with van der Waals surface area (Å²) in [7, 11) is 1.95. The summed E-state index contributed by atoms with van der Waals surface area (Å²) in [6, 6.07) is 6.03. The van der Waals surface area contributed by atoms with Gasteiger partial charge in [-0.2, -0.15) is 5.10 Å². The molecule has 1 aliphatic carbocycles. The minimum absolute atomic E-state index is 0.00398. The molecule has 0 aliphatic heterocycles. The molecule has 0 fully saturated rings. The maximum Gasteiger partial charge on any atom is 0.287 e. The lowest BCUT2D eigenvalue weighted by molar-refractivity contribution is 0.0906. The van der Waals surface area contributed by atoms with Crippen molar-refractivity contribution in [1.82, 2.24) is 15.1 Å². The molecule has 1 atom stereocenters. The van der Waals surface area contributed by atoms with Crippen molar-refractivity contribution in [1.29, 1.82) is 0 Å². The number of fused-ring (bicyclic) bond motifs is 2. The summed E-state index contributed by atoms with van der Waals surface area (Å²) >= 11 is 0. The number of aryl methyl sites for hydroxylation is 3. The van der Waals surface area contributed by atoms with E-state index in [-0.39, 0.29) is 11.9 Å². The highest BCUT2D eigenvalue weighted by Crippen LogP contribution is 2.31. The van der Waals surface area contributed by atoms with Gasteiger partial charge in [0.25, 0.3) is 5.91 Å². The lowest BCUT2D eigenvalue weighted by Crippen LogP contribution is -2.31. The molecule has 0 radical (unpaired) electrons. The van der Waals surface area contributed by atoms with Crippen LogP contribution in [0.4, 0.5) is 0 Å². The van der Waals surface area contributed by atoms with Crippen molar-refractivity contribution in [2.24, 2.45) is 7.05 Å². The fourth-order valence-electron chi connectivity index (χ4n) is 3.63. The predicted octanol–water partition coefficient (Wildman–Crippen LogP) is 3.59. The number of hydrogen-bond donors (Lipinski definition) is 1. The summed E-state index contributed by atoms with van der Waals surface area (Å²) in [5.74, 6) is 0.259. The molecule has 0 saturated carbocycles. The number of rotatable bonds is 2. The summed E-state index contributed by atoms with van der Waals surface area (Å²) in [6.07, 6.45) is 4.87. The van der Waals surface area contributed by atoms with E-state index in [2.05, 4.69) is 10.4 Å². The first-order valence-corrected chi connectivity index (χ1v) is 8.36. The van der Waals surface area contributed by atoms with Crippen LogP contribution in [0.15, 0.2) is 28.8 Å². The SMILES string of the molecule is Cc1ccc2c(C)c(C(=O)N[C@@H]3CCCc4c3cnn4C)oc2c1. The van der Waals surface area contributed by atoms with Gasteiger partial charge in [0.15, 0.2) is 5.76 Å². The molecule has 1 aliphatic rings. The van der Waals surface area contributed by atoms with Crippen molar-refractivity contribution >= 4 is 16.9 Å². The number of carbonyl (C=O) groups excluding carboxylic acids is 1. The van der Waals surface area contributed by atoms with Crippen LogP contribution in [0.3, 0.4) is 0 Å². The van der Waals surface area contributed by atoms with Crippen LogP contribution in [0.5, 0.6) is 0 Å². The van der Waals surface area contributed by atoms with Crippen molar-refractivity contribution in [3.8, 4) is 0 Å². The Morgan fingerprint density at radius 3 is 3.04 bits per heavy atom.